The molecule has 1 N–H and O–H groups in total. The summed E-state index contributed by atoms with van der Waals surface area (Å²) in [7, 11) is 0.0556. The van der Waals surface area contributed by atoms with Gasteiger partial charge in [0, 0.05) is 36.6 Å². The molecule has 5 aromatic carbocycles. The van der Waals surface area contributed by atoms with Gasteiger partial charge in [-0.05, 0) is 47.5 Å². The van der Waals surface area contributed by atoms with Crippen LogP contribution in [0.25, 0.3) is 58.8 Å². The summed E-state index contributed by atoms with van der Waals surface area (Å²) in [4.78, 5) is 0. The van der Waals surface area contributed by atoms with E-state index in [0.29, 0.717) is 0 Å². The van der Waals surface area contributed by atoms with Gasteiger partial charge in [-0.2, -0.15) is 0 Å². The average molecular weight is 453 g/mol. The highest BCUT2D eigenvalue weighted by Crippen LogP contribution is 2.41. The Morgan fingerprint density at radius 2 is 1.35 bits per heavy atom. The second kappa shape index (κ2) is 7.59. The molecule has 0 atom stereocenters. The van der Waals surface area contributed by atoms with Crippen molar-refractivity contribution in [1.29, 1.82) is 0 Å². The molecule has 2 aromatic heterocycles. The van der Waals surface area contributed by atoms with Crippen LogP contribution < -0.4 is 5.46 Å². The Hall–Kier alpha value is -3.86. The third kappa shape index (κ3) is 2.86. The highest BCUT2D eigenvalue weighted by Gasteiger charge is 2.15. The molecule has 0 saturated carbocycles. The van der Waals surface area contributed by atoms with E-state index < -0.39 is 0 Å². The Kier molecular flexibility index (Phi) is 4.38. The number of aromatic nitrogens is 1. The SMILES string of the molecule is OBc1ccc(-n2c3ccccc3c3cc(-c4cccc5c4sc4ccccc45)ccc32)cc1. The van der Waals surface area contributed by atoms with Gasteiger partial charge < -0.3 is 9.59 Å². The van der Waals surface area contributed by atoms with E-state index in [9.17, 15) is 5.02 Å². The minimum absolute atomic E-state index is 0.0556. The lowest BCUT2D eigenvalue weighted by molar-refractivity contribution is 0.615. The van der Waals surface area contributed by atoms with Crippen LogP contribution in [0.2, 0.25) is 0 Å². The monoisotopic (exact) mass is 453 g/mol. The van der Waals surface area contributed by atoms with Crippen molar-refractivity contribution in [2.24, 2.45) is 0 Å². The van der Waals surface area contributed by atoms with E-state index in [4.69, 9.17) is 0 Å². The first-order valence-corrected chi connectivity index (χ1v) is 12.3. The number of rotatable bonds is 3. The second-order valence-electron chi connectivity index (χ2n) is 8.69. The van der Waals surface area contributed by atoms with E-state index in [1.165, 1.54) is 53.1 Å². The minimum atomic E-state index is 0.0556. The smallest absolute Gasteiger partial charge is 0.304 e. The number of thiophene rings is 1. The van der Waals surface area contributed by atoms with Crippen LogP contribution >= 0.6 is 11.3 Å². The van der Waals surface area contributed by atoms with Crippen LogP contribution in [-0.4, -0.2) is 17.1 Å². The van der Waals surface area contributed by atoms with E-state index in [1.807, 2.05) is 23.5 Å². The summed E-state index contributed by atoms with van der Waals surface area (Å²) in [5, 5.41) is 14.6. The molecule has 0 bridgehead atoms. The fraction of sp³-hybridized carbons (Fsp3) is 0. The van der Waals surface area contributed by atoms with Crippen LogP contribution in [0.4, 0.5) is 0 Å². The van der Waals surface area contributed by atoms with Crippen molar-refractivity contribution < 1.29 is 5.02 Å². The lowest BCUT2D eigenvalue weighted by Crippen LogP contribution is -2.12. The lowest BCUT2D eigenvalue weighted by Gasteiger charge is -2.09. The maximum Gasteiger partial charge on any atom is 0.304 e. The molecule has 0 aliphatic heterocycles. The highest BCUT2D eigenvalue weighted by molar-refractivity contribution is 7.26. The number of para-hydroxylation sites is 1. The molecule has 0 saturated heterocycles. The van der Waals surface area contributed by atoms with Gasteiger partial charge >= 0.3 is 7.48 Å². The zero-order valence-electron chi connectivity index (χ0n) is 18.4. The predicted molar refractivity (Wildman–Crippen MR) is 148 cm³/mol. The van der Waals surface area contributed by atoms with Gasteiger partial charge in [0.1, 0.15) is 0 Å². The molecule has 2 heterocycles. The zero-order chi connectivity index (χ0) is 22.6. The number of benzene rings is 5. The fourth-order valence-corrected chi connectivity index (χ4v) is 6.38. The van der Waals surface area contributed by atoms with E-state index >= 15 is 0 Å². The maximum absolute atomic E-state index is 9.46. The zero-order valence-corrected chi connectivity index (χ0v) is 19.2. The van der Waals surface area contributed by atoms with Crippen LogP contribution in [0.5, 0.6) is 0 Å². The predicted octanol–water partition coefficient (Wildman–Crippen LogP) is 6.79. The molecule has 2 nitrogen and oxygen atoms in total. The van der Waals surface area contributed by atoms with Crippen LogP contribution in [0.15, 0.2) is 109 Å². The molecule has 160 valence electrons. The molecule has 0 aliphatic carbocycles. The molecule has 4 heteroatoms. The van der Waals surface area contributed by atoms with Gasteiger partial charge in [0.2, 0.25) is 0 Å². The quantitative estimate of drug-likeness (QED) is 0.293. The Labute approximate surface area is 201 Å². The Morgan fingerprint density at radius 1 is 0.618 bits per heavy atom. The van der Waals surface area contributed by atoms with E-state index in [0.717, 1.165) is 11.2 Å². The first-order valence-electron chi connectivity index (χ1n) is 11.5. The topological polar surface area (TPSA) is 25.2 Å². The number of hydrogen-bond donors (Lipinski definition) is 1. The van der Waals surface area contributed by atoms with Crippen molar-refractivity contribution in [2.45, 2.75) is 0 Å². The van der Waals surface area contributed by atoms with Crippen LogP contribution in [0.3, 0.4) is 0 Å². The summed E-state index contributed by atoms with van der Waals surface area (Å²) in [5.74, 6) is 0. The Morgan fingerprint density at radius 3 is 2.21 bits per heavy atom. The molecular formula is C30H20BNOS. The van der Waals surface area contributed by atoms with Crippen LogP contribution in [0.1, 0.15) is 0 Å². The highest BCUT2D eigenvalue weighted by atomic mass is 32.1. The summed E-state index contributed by atoms with van der Waals surface area (Å²) in [6.45, 7) is 0. The first-order chi connectivity index (χ1) is 16.8. The van der Waals surface area contributed by atoms with Gasteiger partial charge in [-0.1, -0.05) is 78.3 Å². The first kappa shape index (κ1) is 19.6. The molecule has 0 fully saturated rings. The lowest BCUT2D eigenvalue weighted by atomic mass is 9.89. The molecule has 0 spiro atoms. The Balaban J connectivity index is 1.49. The van der Waals surface area contributed by atoms with E-state index in [2.05, 4.69) is 102 Å². The second-order valence-corrected chi connectivity index (χ2v) is 9.74. The van der Waals surface area contributed by atoms with E-state index in [-0.39, 0.29) is 7.48 Å². The van der Waals surface area contributed by atoms with Crippen molar-refractivity contribution in [1.82, 2.24) is 4.57 Å². The number of fused-ring (bicyclic) bond motifs is 6. The third-order valence-corrected chi connectivity index (χ3v) is 7.98. The molecule has 7 rings (SSSR count). The van der Waals surface area contributed by atoms with E-state index in [1.54, 1.807) is 0 Å². The van der Waals surface area contributed by atoms with Gasteiger partial charge in [-0.15, -0.1) is 11.3 Å². The van der Waals surface area contributed by atoms with Gasteiger partial charge in [0.25, 0.3) is 0 Å². The standard InChI is InChI=1S/C30H20BNOS/c33-31-20-13-15-21(16-14-20)32-27-10-3-1-6-23(27)26-18-19(12-17-28(26)32)22-8-5-9-25-24-7-2-4-11-29(24)34-30(22)25/h1-18,31,33H. The fourth-order valence-electron chi connectivity index (χ4n) is 5.14. The molecule has 0 unspecified atom stereocenters. The molecule has 0 amide bonds. The molecule has 0 aliphatic rings. The van der Waals surface area contributed by atoms with Gasteiger partial charge in [0.05, 0.1) is 11.0 Å². The summed E-state index contributed by atoms with van der Waals surface area (Å²) in [5.41, 5.74) is 6.91. The molecule has 34 heavy (non-hydrogen) atoms. The van der Waals surface area contributed by atoms with Gasteiger partial charge in [-0.25, -0.2) is 0 Å². The van der Waals surface area contributed by atoms with Crippen molar-refractivity contribution in [2.75, 3.05) is 0 Å². The number of hydrogen-bond acceptors (Lipinski definition) is 2. The molecule has 0 radical (unpaired) electrons. The largest absolute Gasteiger partial charge is 0.449 e. The molecule has 7 aromatic rings. The average Bonchev–Trinajstić information content (AvgIpc) is 3.44. The van der Waals surface area contributed by atoms with Crippen molar-refractivity contribution in [3.05, 3.63) is 109 Å². The summed E-state index contributed by atoms with van der Waals surface area (Å²) in [6.07, 6.45) is 0. The van der Waals surface area contributed by atoms with Crippen LogP contribution in [-0.2, 0) is 0 Å². The summed E-state index contributed by atoms with van der Waals surface area (Å²) >= 11 is 1.87. The summed E-state index contributed by atoms with van der Waals surface area (Å²) in [6, 6.07) is 38.9. The summed E-state index contributed by atoms with van der Waals surface area (Å²) < 4.78 is 4.98. The third-order valence-electron chi connectivity index (χ3n) is 6.76. The van der Waals surface area contributed by atoms with Crippen molar-refractivity contribution in [3.63, 3.8) is 0 Å². The number of nitrogens with zero attached hydrogens (tertiary/aromatic N) is 1. The minimum Gasteiger partial charge on any atom is -0.449 e. The Bertz CT molecular complexity index is 1850. The maximum atomic E-state index is 9.46. The van der Waals surface area contributed by atoms with Gasteiger partial charge in [0.15, 0.2) is 0 Å². The normalized spacial score (nSPS) is 11.7. The van der Waals surface area contributed by atoms with Crippen molar-refractivity contribution >= 4 is 66.3 Å². The van der Waals surface area contributed by atoms with Gasteiger partial charge in [-0.3, -0.25) is 0 Å². The van der Waals surface area contributed by atoms with Crippen molar-refractivity contribution in [3.8, 4) is 16.8 Å². The van der Waals surface area contributed by atoms with Crippen LogP contribution in [0, 0.1) is 0 Å². The molecular weight excluding hydrogens is 433 g/mol.